The summed E-state index contributed by atoms with van der Waals surface area (Å²) in [7, 11) is 1.59. The van der Waals surface area contributed by atoms with E-state index in [1.54, 1.807) is 7.11 Å². The molecule has 0 atom stereocenters. The Labute approximate surface area is 110 Å². The Morgan fingerprint density at radius 3 is 2.84 bits per heavy atom. The van der Waals surface area contributed by atoms with Gasteiger partial charge in [0.15, 0.2) is 11.5 Å². The third-order valence-corrected chi connectivity index (χ3v) is 2.94. The van der Waals surface area contributed by atoms with Gasteiger partial charge in [-0.1, -0.05) is 6.07 Å². The zero-order valence-electron chi connectivity index (χ0n) is 10.5. The summed E-state index contributed by atoms with van der Waals surface area (Å²) < 4.78 is 15.8. The zero-order chi connectivity index (χ0) is 13.2. The standard InChI is InChI=1S/C14H14N2O3/c1-17-12-4-2-3-10(14(12)15)16-9-5-6-11-13(7-9)19-8-18-11/h2-7,16H,8,15H2,1H3. The summed E-state index contributed by atoms with van der Waals surface area (Å²) in [6.07, 6.45) is 0. The molecular weight excluding hydrogens is 244 g/mol. The molecule has 2 aromatic carbocycles. The average molecular weight is 258 g/mol. The van der Waals surface area contributed by atoms with E-state index < -0.39 is 0 Å². The molecule has 0 amide bonds. The van der Waals surface area contributed by atoms with Gasteiger partial charge < -0.3 is 25.3 Å². The lowest BCUT2D eigenvalue weighted by Crippen LogP contribution is -1.98. The van der Waals surface area contributed by atoms with Gasteiger partial charge in [0.1, 0.15) is 5.75 Å². The van der Waals surface area contributed by atoms with Gasteiger partial charge in [0, 0.05) is 11.8 Å². The van der Waals surface area contributed by atoms with E-state index in [1.807, 2.05) is 36.4 Å². The first-order valence-electron chi connectivity index (χ1n) is 5.87. The summed E-state index contributed by atoms with van der Waals surface area (Å²) in [5.41, 5.74) is 8.25. The number of anilines is 3. The van der Waals surface area contributed by atoms with Crippen LogP contribution < -0.4 is 25.3 Å². The highest BCUT2D eigenvalue weighted by Crippen LogP contribution is 2.37. The van der Waals surface area contributed by atoms with Crippen LogP contribution in [0.5, 0.6) is 17.2 Å². The fourth-order valence-corrected chi connectivity index (χ4v) is 1.96. The predicted molar refractivity (Wildman–Crippen MR) is 73.3 cm³/mol. The molecule has 0 bridgehead atoms. The van der Waals surface area contributed by atoms with Crippen molar-refractivity contribution in [3.63, 3.8) is 0 Å². The summed E-state index contributed by atoms with van der Waals surface area (Å²) in [5.74, 6) is 2.13. The van der Waals surface area contributed by atoms with Gasteiger partial charge >= 0.3 is 0 Å². The van der Waals surface area contributed by atoms with Crippen LogP contribution in [0.1, 0.15) is 0 Å². The molecule has 0 saturated heterocycles. The number of benzene rings is 2. The first kappa shape index (κ1) is 11.5. The molecule has 19 heavy (non-hydrogen) atoms. The zero-order valence-corrected chi connectivity index (χ0v) is 10.5. The minimum Gasteiger partial charge on any atom is -0.495 e. The van der Waals surface area contributed by atoms with E-state index in [1.165, 1.54) is 0 Å². The molecule has 0 spiro atoms. The van der Waals surface area contributed by atoms with Crippen LogP contribution in [0.15, 0.2) is 36.4 Å². The second kappa shape index (κ2) is 4.61. The van der Waals surface area contributed by atoms with Crippen LogP contribution in [0.2, 0.25) is 0 Å². The largest absolute Gasteiger partial charge is 0.495 e. The van der Waals surface area contributed by atoms with E-state index in [0.29, 0.717) is 11.4 Å². The number of rotatable bonds is 3. The van der Waals surface area contributed by atoms with E-state index in [4.69, 9.17) is 19.9 Å². The maximum absolute atomic E-state index is 6.01. The maximum Gasteiger partial charge on any atom is 0.231 e. The topological polar surface area (TPSA) is 65.7 Å². The first-order chi connectivity index (χ1) is 9.28. The molecule has 5 nitrogen and oxygen atoms in total. The molecule has 0 aliphatic carbocycles. The molecule has 3 rings (SSSR count). The smallest absolute Gasteiger partial charge is 0.231 e. The number of nitrogens with one attached hydrogen (secondary N) is 1. The van der Waals surface area contributed by atoms with Crippen molar-refractivity contribution in [2.45, 2.75) is 0 Å². The van der Waals surface area contributed by atoms with Crippen molar-refractivity contribution in [1.82, 2.24) is 0 Å². The quantitative estimate of drug-likeness (QED) is 0.829. The minimum absolute atomic E-state index is 0.264. The molecule has 3 N–H and O–H groups in total. The molecule has 0 unspecified atom stereocenters. The molecule has 0 fully saturated rings. The van der Waals surface area contributed by atoms with Crippen molar-refractivity contribution in [2.75, 3.05) is 25.0 Å². The maximum atomic E-state index is 6.01. The Balaban J connectivity index is 1.89. The highest BCUT2D eigenvalue weighted by atomic mass is 16.7. The lowest BCUT2D eigenvalue weighted by atomic mass is 10.2. The van der Waals surface area contributed by atoms with Gasteiger partial charge in [0.05, 0.1) is 18.5 Å². The second-order valence-corrected chi connectivity index (χ2v) is 4.11. The summed E-state index contributed by atoms with van der Waals surface area (Å²) >= 11 is 0. The van der Waals surface area contributed by atoms with E-state index in [9.17, 15) is 0 Å². The van der Waals surface area contributed by atoms with E-state index >= 15 is 0 Å². The Morgan fingerprint density at radius 1 is 1.16 bits per heavy atom. The summed E-state index contributed by atoms with van der Waals surface area (Å²) in [5, 5.41) is 3.24. The molecular formula is C14H14N2O3. The highest BCUT2D eigenvalue weighted by Gasteiger charge is 2.13. The summed E-state index contributed by atoms with van der Waals surface area (Å²) in [6.45, 7) is 0.264. The van der Waals surface area contributed by atoms with Crippen LogP contribution in [0.3, 0.4) is 0 Å². The Morgan fingerprint density at radius 2 is 2.00 bits per heavy atom. The number of para-hydroxylation sites is 1. The normalized spacial score (nSPS) is 12.3. The van der Waals surface area contributed by atoms with E-state index in [0.717, 1.165) is 22.9 Å². The Bertz CT molecular complexity index is 614. The van der Waals surface area contributed by atoms with Gasteiger partial charge in [-0.3, -0.25) is 0 Å². The Kier molecular flexibility index (Phi) is 2.79. The number of methoxy groups -OCH3 is 1. The van der Waals surface area contributed by atoms with Crippen LogP contribution in [0.25, 0.3) is 0 Å². The van der Waals surface area contributed by atoms with Crippen molar-refractivity contribution in [3.05, 3.63) is 36.4 Å². The minimum atomic E-state index is 0.264. The van der Waals surface area contributed by atoms with Gasteiger partial charge in [-0.05, 0) is 24.3 Å². The monoisotopic (exact) mass is 258 g/mol. The van der Waals surface area contributed by atoms with Crippen molar-refractivity contribution in [2.24, 2.45) is 0 Å². The van der Waals surface area contributed by atoms with Gasteiger partial charge in [-0.25, -0.2) is 0 Å². The number of ether oxygens (including phenoxy) is 3. The molecule has 2 aromatic rings. The van der Waals surface area contributed by atoms with Gasteiger partial charge in [-0.15, -0.1) is 0 Å². The van der Waals surface area contributed by atoms with Crippen LogP contribution in [-0.4, -0.2) is 13.9 Å². The fourth-order valence-electron chi connectivity index (χ4n) is 1.96. The average Bonchev–Trinajstić information content (AvgIpc) is 2.88. The number of nitrogens with two attached hydrogens (primary N) is 1. The van der Waals surface area contributed by atoms with Gasteiger partial charge in [-0.2, -0.15) is 0 Å². The number of hydrogen-bond acceptors (Lipinski definition) is 5. The molecule has 1 aliphatic rings. The van der Waals surface area contributed by atoms with Crippen LogP contribution >= 0.6 is 0 Å². The van der Waals surface area contributed by atoms with Gasteiger partial charge in [0.25, 0.3) is 0 Å². The SMILES string of the molecule is COc1cccc(Nc2ccc3c(c2)OCO3)c1N. The molecule has 1 heterocycles. The van der Waals surface area contributed by atoms with Crippen molar-refractivity contribution < 1.29 is 14.2 Å². The molecule has 0 saturated carbocycles. The lowest BCUT2D eigenvalue weighted by molar-refractivity contribution is 0.174. The molecule has 98 valence electrons. The number of hydrogen-bond donors (Lipinski definition) is 2. The molecule has 5 heteroatoms. The summed E-state index contributed by atoms with van der Waals surface area (Å²) in [4.78, 5) is 0. The van der Waals surface area contributed by atoms with Gasteiger partial charge in [0.2, 0.25) is 6.79 Å². The van der Waals surface area contributed by atoms with Crippen molar-refractivity contribution in [3.8, 4) is 17.2 Å². The summed E-state index contributed by atoms with van der Waals surface area (Å²) in [6, 6.07) is 11.2. The second-order valence-electron chi connectivity index (χ2n) is 4.11. The lowest BCUT2D eigenvalue weighted by Gasteiger charge is -2.12. The Hall–Kier alpha value is -2.56. The van der Waals surface area contributed by atoms with Crippen LogP contribution in [-0.2, 0) is 0 Å². The number of nitrogen functional groups attached to an aromatic ring is 1. The third kappa shape index (κ3) is 2.10. The van der Waals surface area contributed by atoms with Crippen molar-refractivity contribution >= 4 is 17.1 Å². The molecule has 0 radical (unpaired) electrons. The fraction of sp³-hybridized carbons (Fsp3) is 0.143. The van der Waals surface area contributed by atoms with Crippen LogP contribution in [0, 0.1) is 0 Å². The van der Waals surface area contributed by atoms with E-state index in [2.05, 4.69) is 5.32 Å². The predicted octanol–water partition coefficient (Wildman–Crippen LogP) is 2.75. The van der Waals surface area contributed by atoms with Crippen molar-refractivity contribution in [1.29, 1.82) is 0 Å². The first-order valence-corrected chi connectivity index (χ1v) is 5.87. The molecule has 0 aromatic heterocycles. The van der Waals surface area contributed by atoms with Crippen LogP contribution in [0.4, 0.5) is 17.1 Å². The number of fused-ring (bicyclic) bond motifs is 1. The van der Waals surface area contributed by atoms with E-state index in [-0.39, 0.29) is 6.79 Å². The third-order valence-electron chi connectivity index (χ3n) is 2.94. The molecule has 1 aliphatic heterocycles. The highest BCUT2D eigenvalue weighted by molar-refractivity contribution is 5.78.